The summed E-state index contributed by atoms with van der Waals surface area (Å²) in [5.41, 5.74) is 0.966. The Kier molecular flexibility index (Phi) is 5.09. The molecule has 1 aromatic rings. The average molecular weight is 267 g/mol. The molecule has 0 saturated carbocycles. The Morgan fingerprint density at radius 1 is 1.28 bits per heavy atom. The molecule has 0 saturated heterocycles. The van der Waals surface area contributed by atoms with Gasteiger partial charge in [0, 0.05) is 6.42 Å². The fraction of sp³-hybridized carbons (Fsp3) is 0.308. The fourth-order valence-corrected chi connectivity index (χ4v) is 2.37. The number of carbonyl (C=O) groups excluding carboxylic acids is 1. The lowest BCUT2D eigenvalue weighted by Crippen LogP contribution is -2.30. The lowest BCUT2D eigenvalue weighted by Gasteiger charge is -2.06. The lowest BCUT2D eigenvalue weighted by molar-refractivity contribution is -0.119. The van der Waals surface area contributed by atoms with Gasteiger partial charge in [0.25, 0.3) is 10.0 Å². The SMILES string of the molecule is C/C=C/CCC(=O)NS(=O)(=O)c1ccc(C)cc1. The van der Waals surface area contributed by atoms with E-state index in [0.29, 0.717) is 6.42 Å². The largest absolute Gasteiger partial charge is 0.274 e. The van der Waals surface area contributed by atoms with Gasteiger partial charge in [-0.05, 0) is 32.4 Å². The van der Waals surface area contributed by atoms with E-state index in [2.05, 4.69) is 4.72 Å². The zero-order chi connectivity index (χ0) is 13.6. The van der Waals surface area contributed by atoms with Gasteiger partial charge in [0.1, 0.15) is 0 Å². The molecule has 5 heteroatoms. The first kappa shape index (κ1) is 14.4. The molecule has 0 aromatic heterocycles. The molecule has 0 aliphatic heterocycles. The van der Waals surface area contributed by atoms with Crippen LogP contribution < -0.4 is 4.72 Å². The first-order valence-corrected chi connectivity index (χ1v) is 7.17. The molecule has 0 fully saturated rings. The van der Waals surface area contributed by atoms with E-state index in [1.54, 1.807) is 12.1 Å². The smallest absolute Gasteiger partial charge is 0.264 e. The van der Waals surface area contributed by atoms with Crippen LogP contribution in [-0.4, -0.2) is 14.3 Å². The van der Waals surface area contributed by atoms with Crippen molar-refractivity contribution in [1.82, 2.24) is 4.72 Å². The van der Waals surface area contributed by atoms with Crippen LogP contribution in [0.15, 0.2) is 41.3 Å². The molecule has 0 spiro atoms. The summed E-state index contributed by atoms with van der Waals surface area (Å²) in [6.45, 7) is 3.72. The molecule has 1 aromatic carbocycles. The number of aryl methyl sites for hydroxylation is 1. The summed E-state index contributed by atoms with van der Waals surface area (Å²) in [7, 11) is -3.74. The number of hydrogen-bond acceptors (Lipinski definition) is 3. The summed E-state index contributed by atoms with van der Waals surface area (Å²) in [5, 5.41) is 0. The van der Waals surface area contributed by atoms with Gasteiger partial charge in [-0.25, -0.2) is 13.1 Å². The van der Waals surface area contributed by atoms with Gasteiger partial charge in [0.2, 0.25) is 5.91 Å². The highest BCUT2D eigenvalue weighted by atomic mass is 32.2. The number of sulfonamides is 1. The van der Waals surface area contributed by atoms with Crippen molar-refractivity contribution in [3.63, 3.8) is 0 Å². The normalized spacial score (nSPS) is 11.7. The van der Waals surface area contributed by atoms with E-state index in [-0.39, 0.29) is 11.3 Å². The summed E-state index contributed by atoms with van der Waals surface area (Å²) in [6, 6.07) is 6.35. The summed E-state index contributed by atoms with van der Waals surface area (Å²) in [6.07, 6.45) is 4.33. The minimum atomic E-state index is -3.74. The van der Waals surface area contributed by atoms with E-state index in [4.69, 9.17) is 0 Å². The van der Waals surface area contributed by atoms with Crippen molar-refractivity contribution in [2.75, 3.05) is 0 Å². The second-order valence-corrected chi connectivity index (χ2v) is 5.63. The zero-order valence-electron chi connectivity index (χ0n) is 10.5. The molecule has 0 heterocycles. The summed E-state index contributed by atoms with van der Waals surface area (Å²) >= 11 is 0. The Labute approximate surface area is 108 Å². The molecule has 1 rings (SSSR count). The predicted octanol–water partition coefficient (Wildman–Crippen LogP) is 2.16. The van der Waals surface area contributed by atoms with Crippen LogP contribution in [0.25, 0.3) is 0 Å². The van der Waals surface area contributed by atoms with Gasteiger partial charge in [-0.2, -0.15) is 0 Å². The maximum Gasteiger partial charge on any atom is 0.264 e. The minimum absolute atomic E-state index is 0.104. The standard InChI is InChI=1S/C13H17NO3S/c1-3-4-5-6-13(15)14-18(16,17)12-9-7-11(2)8-10-12/h3-4,7-10H,5-6H2,1-2H3,(H,14,15)/b4-3+. The molecule has 98 valence electrons. The topological polar surface area (TPSA) is 63.2 Å². The van der Waals surface area contributed by atoms with Crippen LogP contribution in [0.1, 0.15) is 25.3 Å². The first-order chi connectivity index (χ1) is 8.45. The Morgan fingerprint density at radius 3 is 2.44 bits per heavy atom. The number of hydrogen-bond donors (Lipinski definition) is 1. The van der Waals surface area contributed by atoms with Gasteiger partial charge in [0.15, 0.2) is 0 Å². The van der Waals surface area contributed by atoms with Gasteiger partial charge in [0.05, 0.1) is 4.90 Å². The number of nitrogens with one attached hydrogen (secondary N) is 1. The van der Waals surface area contributed by atoms with Gasteiger partial charge in [-0.3, -0.25) is 4.79 Å². The Hall–Kier alpha value is -1.62. The van der Waals surface area contributed by atoms with Crippen LogP contribution in [0.3, 0.4) is 0 Å². The highest BCUT2D eigenvalue weighted by Gasteiger charge is 2.16. The third-order valence-corrected chi connectivity index (χ3v) is 3.74. The van der Waals surface area contributed by atoms with Crippen LogP contribution in [0, 0.1) is 6.92 Å². The molecule has 0 bridgehead atoms. The number of allylic oxidation sites excluding steroid dienone is 2. The first-order valence-electron chi connectivity index (χ1n) is 5.69. The van der Waals surface area contributed by atoms with Gasteiger partial charge < -0.3 is 0 Å². The third kappa shape index (κ3) is 4.33. The Bertz CT molecular complexity index is 530. The second-order valence-electron chi connectivity index (χ2n) is 3.95. The molecular formula is C13H17NO3S. The van der Waals surface area contributed by atoms with E-state index >= 15 is 0 Å². The summed E-state index contributed by atoms with van der Waals surface area (Å²) in [4.78, 5) is 11.6. The molecule has 0 aliphatic rings. The molecule has 0 unspecified atom stereocenters. The maximum atomic E-state index is 11.8. The molecule has 0 radical (unpaired) electrons. The third-order valence-electron chi connectivity index (χ3n) is 2.35. The van der Waals surface area contributed by atoms with Crippen molar-refractivity contribution in [1.29, 1.82) is 0 Å². The highest BCUT2D eigenvalue weighted by molar-refractivity contribution is 7.90. The molecule has 4 nitrogen and oxygen atoms in total. The summed E-state index contributed by atoms with van der Waals surface area (Å²) < 4.78 is 25.7. The van der Waals surface area contributed by atoms with Gasteiger partial charge in [-0.15, -0.1) is 0 Å². The number of amides is 1. The van der Waals surface area contributed by atoms with Crippen molar-refractivity contribution in [3.8, 4) is 0 Å². The van der Waals surface area contributed by atoms with Crippen molar-refractivity contribution in [3.05, 3.63) is 42.0 Å². The van der Waals surface area contributed by atoms with Crippen LogP contribution in [-0.2, 0) is 14.8 Å². The molecule has 0 aliphatic carbocycles. The number of carbonyl (C=O) groups is 1. The van der Waals surface area contributed by atoms with Crippen molar-refractivity contribution in [2.24, 2.45) is 0 Å². The molecule has 1 N–H and O–H groups in total. The van der Waals surface area contributed by atoms with Crippen LogP contribution in [0.5, 0.6) is 0 Å². The zero-order valence-corrected chi connectivity index (χ0v) is 11.3. The monoisotopic (exact) mass is 267 g/mol. The highest BCUT2D eigenvalue weighted by Crippen LogP contribution is 2.10. The van der Waals surface area contributed by atoms with E-state index in [0.717, 1.165) is 5.56 Å². The molecule has 0 atom stereocenters. The van der Waals surface area contributed by atoms with Crippen molar-refractivity contribution in [2.45, 2.75) is 31.6 Å². The van der Waals surface area contributed by atoms with E-state index in [1.807, 2.05) is 26.0 Å². The average Bonchev–Trinajstić information content (AvgIpc) is 2.29. The molecule has 18 heavy (non-hydrogen) atoms. The minimum Gasteiger partial charge on any atom is -0.274 e. The van der Waals surface area contributed by atoms with Crippen molar-refractivity contribution < 1.29 is 13.2 Å². The van der Waals surface area contributed by atoms with Gasteiger partial charge in [-0.1, -0.05) is 29.8 Å². The molecular weight excluding hydrogens is 250 g/mol. The lowest BCUT2D eigenvalue weighted by atomic mass is 10.2. The van der Waals surface area contributed by atoms with Gasteiger partial charge >= 0.3 is 0 Å². The maximum absolute atomic E-state index is 11.8. The van der Waals surface area contributed by atoms with E-state index < -0.39 is 15.9 Å². The van der Waals surface area contributed by atoms with Crippen molar-refractivity contribution >= 4 is 15.9 Å². The molecule has 1 amide bonds. The van der Waals surface area contributed by atoms with Crippen LogP contribution >= 0.6 is 0 Å². The van der Waals surface area contributed by atoms with Crippen LogP contribution in [0.4, 0.5) is 0 Å². The van der Waals surface area contributed by atoms with Crippen LogP contribution in [0.2, 0.25) is 0 Å². The predicted molar refractivity (Wildman–Crippen MR) is 70.6 cm³/mol. The fourth-order valence-electron chi connectivity index (χ4n) is 1.36. The second kappa shape index (κ2) is 6.35. The summed E-state index contributed by atoms with van der Waals surface area (Å²) in [5.74, 6) is -0.492. The van der Waals surface area contributed by atoms with E-state index in [1.165, 1.54) is 12.1 Å². The quantitative estimate of drug-likeness (QED) is 0.831. The Morgan fingerprint density at radius 2 is 1.89 bits per heavy atom. The number of rotatable bonds is 5. The number of benzene rings is 1. The Balaban J connectivity index is 2.70. The van der Waals surface area contributed by atoms with E-state index in [9.17, 15) is 13.2 Å².